The summed E-state index contributed by atoms with van der Waals surface area (Å²) >= 11 is 6.45. The molecule has 51 heavy (non-hydrogen) atoms. The number of sulfonamides is 1. The lowest BCUT2D eigenvalue weighted by Crippen LogP contribution is -2.64. The van der Waals surface area contributed by atoms with Crippen molar-refractivity contribution in [2.75, 3.05) is 44.4 Å². The molecule has 2 N–H and O–H groups in total. The largest absolute Gasteiger partial charge is 0.490 e. The van der Waals surface area contributed by atoms with Crippen molar-refractivity contribution in [3.63, 3.8) is 0 Å². The first-order valence-electron chi connectivity index (χ1n) is 18.1. The molecule has 13 heteroatoms. The van der Waals surface area contributed by atoms with Gasteiger partial charge in [-0.2, -0.15) is 0 Å². The predicted octanol–water partition coefficient (Wildman–Crippen LogP) is 5.50. The summed E-state index contributed by atoms with van der Waals surface area (Å²) in [4.78, 5) is 17.9. The fourth-order valence-corrected chi connectivity index (χ4v) is 10.3. The van der Waals surface area contributed by atoms with E-state index in [1.807, 2.05) is 17.0 Å². The van der Waals surface area contributed by atoms with Gasteiger partial charge in [0, 0.05) is 35.1 Å². The zero-order valence-electron chi connectivity index (χ0n) is 29.8. The lowest BCUT2D eigenvalue weighted by Gasteiger charge is -2.47. The molecular weight excluding hydrogens is 697 g/mol. The summed E-state index contributed by atoms with van der Waals surface area (Å²) < 4.78 is 65.2. The first-order valence-corrected chi connectivity index (χ1v) is 20.0. The molecule has 0 radical (unpaired) electrons. The van der Waals surface area contributed by atoms with Crippen molar-refractivity contribution in [2.24, 2.45) is 5.92 Å². The van der Waals surface area contributed by atoms with E-state index in [1.54, 1.807) is 39.0 Å². The quantitative estimate of drug-likeness (QED) is 0.361. The van der Waals surface area contributed by atoms with Crippen LogP contribution in [0, 0.1) is 5.92 Å². The summed E-state index contributed by atoms with van der Waals surface area (Å²) in [6, 6.07) is 10.9. The Labute approximate surface area is 305 Å². The number of aliphatic hydroxyl groups excluding tert-OH is 1. The van der Waals surface area contributed by atoms with Gasteiger partial charge in [-0.3, -0.25) is 9.69 Å². The molecule has 10 nitrogen and oxygen atoms in total. The van der Waals surface area contributed by atoms with E-state index in [2.05, 4.69) is 15.7 Å². The molecule has 5 aliphatic rings. The Morgan fingerprint density at radius 2 is 1.88 bits per heavy atom. The molecule has 278 valence electrons. The Morgan fingerprint density at radius 3 is 2.69 bits per heavy atom. The molecular formula is C38H49ClFN3O7S. The number of carbonyl (C=O) groups excluding carboxylic acids is 1. The molecule has 4 heterocycles. The SMILES string of the molecule is C[C@@H]1[C@@H](C)C/C=C(\F)[C@@]2(COC(C)(C)OC[C@@H]2O)N2CCC[C@H]2CN2C[C@@]3(CCCc4cc(Cl)ccc43)COc3ccc(cc32)C(=O)NS1(=O)=O. The van der Waals surface area contributed by atoms with Crippen LogP contribution in [0.5, 0.6) is 5.75 Å². The molecule has 6 atom stereocenters. The average Bonchev–Trinajstić information content (AvgIpc) is 3.44. The van der Waals surface area contributed by atoms with Crippen LogP contribution < -0.4 is 14.4 Å². The Hall–Kier alpha value is -2.74. The zero-order chi connectivity index (χ0) is 36.3. The number of benzene rings is 2. The van der Waals surface area contributed by atoms with Crippen molar-refractivity contribution < 1.29 is 36.9 Å². The Balaban J connectivity index is 1.38. The van der Waals surface area contributed by atoms with Gasteiger partial charge in [0.25, 0.3) is 5.91 Å². The van der Waals surface area contributed by atoms with E-state index in [-0.39, 0.29) is 31.2 Å². The van der Waals surface area contributed by atoms with Crippen LogP contribution >= 0.6 is 11.6 Å². The maximum atomic E-state index is 17.2. The van der Waals surface area contributed by atoms with E-state index < -0.39 is 55.8 Å². The molecule has 0 unspecified atom stereocenters. The molecule has 2 bridgehead atoms. The second kappa shape index (κ2) is 13.6. The summed E-state index contributed by atoms with van der Waals surface area (Å²) in [5.41, 5.74) is 1.23. The number of carbonyl (C=O) groups is 1. The van der Waals surface area contributed by atoms with Crippen LogP contribution in [0.4, 0.5) is 10.1 Å². The first-order chi connectivity index (χ1) is 24.1. The van der Waals surface area contributed by atoms with Gasteiger partial charge in [-0.05, 0) is 113 Å². The Morgan fingerprint density at radius 1 is 1.08 bits per heavy atom. The number of aryl methyl sites for hydroxylation is 1. The third kappa shape index (κ3) is 6.69. The van der Waals surface area contributed by atoms with E-state index in [0.29, 0.717) is 42.7 Å². The lowest BCUT2D eigenvalue weighted by molar-refractivity contribution is -0.206. The molecule has 2 spiro atoms. The second-order valence-corrected chi connectivity index (χ2v) is 18.1. The highest BCUT2D eigenvalue weighted by Gasteiger charge is 2.55. The smallest absolute Gasteiger partial charge is 0.264 e. The average molecular weight is 746 g/mol. The van der Waals surface area contributed by atoms with Gasteiger partial charge in [-0.1, -0.05) is 30.7 Å². The highest BCUT2D eigenvalue weighted by Crippen LogP contribution is 2.46. The van der Waals surface area contributed by atoms with Gasteiger partial charge in [0.2, 0.25) is 10.0 Å². The van der Waals surface area contributed by atoms with Crippen molar-refractivity contribution in [2.45, 2.75) is 100 Å². The molecule has 0 aromatic heterocycles. The summed E-state index contributed by atoms with van der Waals surface area (Å²) in [7, 11) is -4.15. The monoisotopic (exact) mass is 745 g/mol. The molecule has 2 saturated heterocycles. The maximum Gasteiger partial charge on any atom is 0.264 e. The van der Waals surface area contributed by atoms with Crippen LogP contribution in [0.15, 0.2) is 48.3 Å². The summed E-state index contributed by atoms with van der Waals surface area (Å²) in [5.74, 6) is -2.34. The predicted molar refractivity (Wildman–Crippen MR) is 193 cm³/mol. The standard InChI is InChI=1S/C38H49ClFN3O7S/c1-24-9-14-33(40)38(23-50-36(3,4)49-20-34(38)44)43-16-6-8-29(43)19-42-21-37(15-5-7-26-17-28(39)11-12-30(26)37)22-48-32-13-10-27(18-31(32)42)35(45)41-51(46,47)25(24)2/h10-14,17-18,24-25,29,34,44H,5-9,15-16,19-23H2,1-4H3,(H,41,45)/b33-14-/t24-,25+,29-,34-,37-,38+/m0/s1. The van der Waals surface area contributed by atoms with E-state index in [4.69, 9.17) is 25.8 Å². The molecule has 2 aromatic rings. The van der Waals surface area contributed by atoms with Crippen molar-refractivity contribution in [3.8, 4) is 5.75 Å². The molecule has 2 fully saturated rings. The topological polar surface area (TPSA) is 118 Å². The van der Waals surface area contributed by atoms with Crippen molar-refractivity contribution in [1.29, 1.82) is 0 Å². The molecule has 0 saturated carbocycles. The minimum Gasteiger partial charge on any atom is -0.490 e. The number of nitrogens with one attached hydrogen (secondary N) is 1. The summed E-state index contributed by atoms with van der Waals surface area (Å²) in [6.45, 7) is 8.32. The number of fused-ring (bicyclic) bond motifs is 5. The fourth-order valence-electron chi connectivity index (χ4n) is 8.78. The van der Waals surface area contributed by atoms with Crippen molar-refractivity contribution in [1.82, 2.24) is 9.62 Å². The number of aliphatic hydroxyl groups is 1. The highest BCUT2D eigenvalue weighted by molar-refractivity contribution is 7.90. The van der Waals surface area contributed by atoms with E-state index in [0.717, 1.165) is 32.1 Å². The number of hydrogen-bond acceptors (Lipinski definition) is 9. The Bertz CT molecular complexity index is 1820. The van der Waals surface area contributed by atoms with Crippen LogP contribution in [0.2, 0.25) is 5.02 Å². The third-order valence-corrected chi connectivity index (χ3v) is 14.2. The fraction of sp³-hybridized carbons (Fsp3) is 0.605. The van der Waals surface area contributed by atoms with Gasteiger partial charge in [0.1, 0.15) is 23.2 Å². The number of allylic oxidation sites excluding steroid dienone is 1. The van der Waals surface area contributed by atoms with Gasteiger partial charge in [-0.25, -0.2) is 17.5 Å². The van der Waals surface area contributed by atoms with Crippen molar-refractivity contribution >= 4 is 33.2 Å². The van der Waals surface area contributed by atoms with Crippen LogP contribution in [-0.2, 0) is 31.3 Å². The second-order valence-electron chi connectivity index (χ2n) is 15.7. The normalized spacial score (nSPS) is 35.1. The summed E-state index contributed by atoms with van der Waals surface area (Å²) in [5, 5.41) is 11.5. The molecule has 2 aromatic carbocycles. The number of hydrogen-bond donors (Lipinski definition) is 2. The van der Waals surface area contributed by atoms with Crippen LogP contribution in [-0.4, -0.2) is 92.5 Å². The van der Waals surface area contributed by atoms with Gasteiger partial charge >= 0.3 is 0 Å². The molecule has 7 rings (SSSR count). The highest BCUT2D eigenvalue weighted by atomic mass is 35.5. The van der Waals surface area contributed by atoms with Gasteiger partial charge in [-0.15, -0.1) is 0 Å². The Kier molecular flexibility index (Phi) is 9.76. The van der Waals surface area contributed by atoms with Gasteiger partial charge < -0.3 is 24.2 Å². The molecule has 1 aliphatic carbocycles. The number of anilines is 1. The minimum atomic E-state index is -4.15. The van der Waals surface area contributed by atoms with Crippen LogP contribution in [0.1, 0.15) is 81.3 Å². The first kappa shape index (κ1) is 36.6. The van der Waals surface area contributed by atoms with E-state index in [1.165, 1.54) is 24.1 Å². The van der Waals surface area contributed by atoms with E-state index >= 15 is 4.39 Å². The lowest BCUT2D eigenvalue weighted by atomic mass is 9.70. The van der Waals surface area contributed by atoms with Crippen molar-refractivity contribution in [3.05, 3.63) is 70.0 Å². The van der Waals surface area contributed by atoms with Gasteiger partial charge in [0.05, 0.1) is 30.8 Å². The summed E-state index contributed by atoms with van der Waals surface area (Å²) in [6.07, 6.45) is 4.41. The molecule has 4 aliphatic heterocycles. The number of amides is 1. The van der Waals surface area contributed by atoms with Crippen LogP contribution in [0.25, 0.3) is 0 Å². The number of rotatable bonds is 0. The van der Waals surface area contributed by atoms with Crippen LogP contribution in [0.3, 0.4) is 0 Å². The zero-order valence-corrected chi connectivity index (χ0v) is 31.4. The number of ether oxygens (including phenoxy) is 3. The minimum absolute atomic E-state index is 0.0631. The van der Waals surface area contributed by atoms with Gasteiger partial charge in [0.15, 0.2) is 5.79 Å². The number of nitrogens with zero attached hydrogens (tertiary/aromatic N) is 2. The number of halogens is 2. The third-order valence-electron chi connectivity index (χ3n) is 12.0. The maximum absolute atomic E-state index is 17.2. The molecule has 1 amide bonds. The van der Waals surface area contributed by atoms with E-state index in [9.17, 15) is 18.3 Å².